The fourth-order valence-electron chi connectivity index (χ4n) is 2.73. The molecule has 1 heterocycles. The van der Waals surface area contributed by atoms with E-state index in [2.05, 4.69) is 29.1 Å². The van der Waals surface area contributed by atoms with Crippen LogP contribution >= 0.6 is 0 Å². The molecular weight excluding hydrogens is 186 g/mol. The van der Waals surface area contributed by atoms with Crippen molar-refractivity contribution in [1.82, 2.24) is 15.3 Å². The Morgan fingerprint density at radius 1 is 1.53 bits per heavy atom. The van der Waals surface area contributed by atoms with Crippen LogP contribution in [-0.2, 0) is 6.54 Å². The fraction of sp³-hybridized carbons (Fsp3) is 0.750. The number of hydrogen-bond donors (Lipinski definition) is 2. The van der Waals surface area contributed by atoms with Gasteiger partial charge in [-0.15, -0.1) is 0 Å². The highest BCUT2D eigenvalue weighted by molar-refractivity contribution is 4.95. The number of rotatable bonds is 4. The SMILES string of the molecule is CCC1CCC(NCc2cnc[nH]2)C1C. The monoisotopic (exact) mass is 207 g/mol. The van der Waals surface area contributed by atoms with Gasteiger partial charge in [0.15, 0.2) is 0 Å². The van der Waals surface area contributed by atoms with Gasteiger partial charge in [-0.3, -0.25) is 0 Å². The Morgan fingerprint density at radius 3 is 3.00 bits per heavy atom. The normalized spacial score (nSPS) is 30.9. The van der Waals surface area contributed by atoms with Crippen molar-refractivity contribution in [3.05, 3.63) is 18.2 Å². The number of aromatic amines is 1. The van der Waals surface area contributed by atoms with Gasteiger partial charge >= 0.3 is 0 Å². The number of hydrogen-bond acceptors (Lipinski definition) is 2. The first-order valence-corrected chi connectivity index (χ1v) is 6.02. The van der Waals surface area contributed by atoms with Crippen LogP contribution in [0.1, 0.15) is 38.8 Å². The van der Waals surface area contributed by atoms with Crippen molar-refractivity contribution < 1.29 is 0 Å². The quantitative estimate of drug-likeness (QED) is 0.795. The molecule has 0 bridgehead atoms. The minimum absolute atomic E-state index is 0.693. The van der Waals surface area contributed by atoms with Crippen molar-refractivity contribution in [2.45, 2.75) is 45.7 Å². The van der Waals surface area contributed by atoms with Gasteiger partial charge in [0.05, 0.1) is 6.33 Å². The minimum atomic E-state index is 0.693. The molecule has 0 amide bonds. The number of nitrogens with one attached hydrogen (secondary N) is 2. The average Bonchev–Trinajstić information content (AvgIpc) is 2.85. The molecule has 84 valence electrons. The number of H-pyrrole nitrogens is 1. The highest BCUT2D eigenvalue weighted by atomic mass is 15.0. The second kappa shape index (κ2) is 4.79. The first kappa shape index (κ1) is 10.7. The minimum Gasteiger partial charge on any atom is -0.347 e. The van der Waals surface area contributed by atoms with Crippen LogP contribution in [0.25, 0.3) is 0 Å². The summed E-state index contributed by atoms with van der Waals surface area (Å²) in [6, 6.07) is 0.693. The van der Waals surface area contributed by atoms with Crippen molar-refractivity contribution in [3.8, 4) is 0 Å². The van der Waals surface area contributed by atoms with E-state index in [4.69, 9.17) is 0 Å². The van der Waals surface area contributed by atoms with Gasteiger partial charge in [0.1, 0.15) is 0 Å². The van der Waals surface area contributed by atoms with Gasteiger partial charge in [-0.1, -0.05) is 20.3 Å². The first-order valence-electron chi connectivity index (χ1n) is 6.02. The molecule has 15 heavy (non-hydrogen) atoms. The molecule has 1 fully saturated rings. The summed E-state index contributed by atoms with van der Waals surface area (Å²) in [6.45, 7) is 5.61. The lowest BCUT2D eigenvalue weighted by atomic mass is 9.93. The summed E-state index contributed by atoms with van der Waals surface area (Å²) < 4.78 is 0. The van der Waals surface area contributed by atoms with E-state index in [1.165, 1.54) is 25.0 Å². The topological polar surface area (TPSA) is 40.7 Å². The summed E-state index contributed by atoms with van der Waals surface area (Å²) in [5, 5.41) is 3.63. The molecule has 1 aliphatic rings. The number of nitrogens with zero attached hydrogens (tertiary/aromatic N) is 1. The predicted molar refractivity (Wildman–Crippen MR) is 61.4 cm³/mol. The number of aromatic nitrogens is 2. The molecule has 0 spiro atoms. The number of imidazole rings is 1. The van der Waals surface area contributed by atoms with E-state index in [0.717, 1.165) is 18.4 Å². The summed E-state index contributed by atoms with van der Waals surface area (Å²) in [6.07, 6.45) is 7.67. The predicted octanol–water partition coefficient (Wildman–Crippen LogP) is 2.32. The lowest BCUT2D eigenvalue weighted by Gasteiger charge is -2.20. The maximum Gasteiger partial charge on any atom is 0.0922 e. The third-order valence-corrected chi connectivity index (χ3v) is 3.86. The zero-order valence-corrected chi connectivity index (χ0v) is 9.66. The second-order valence-electron chi connectivity index (χ2n) is 4.67. The molecule has 3 nitrogen and oxygen atoms in total. The van der Waals surface area contributed by atoms with Gasteiger partial charge < -0.3 is 10.3 Å². The summed E-state index contributed by atoms with van der Waals surface area (Å²) >= 11 is 0. The first-order chi connectivity index (χ1) is 7.31. The lowest BCUT2D eigenvalue weighted by Crippen LogP contribution is -2.32. The molecule has 1 aliphatic carbocycles. The van der Waals surface area contributed by atoms with E-state index in [1.54, 1.807) is 6.33 Å². The van der Waals surface area contributed by atoms with Crippen molar-refractivity contribution in [3.63, 3.8) is 0 Å². The van der Waals surface area contributed by atoms with Crippen LogP contribution in [0.5, 0.6) is 0 Å². The molecule has 1 saturated carbocycles. The molecule has 0 aliphatic heterocycles. The van der Waals surface area contributed by atoms with Crippen molar-refractivity contribution in [1.29, 1.82) is 0 Å². The van der Waals surface area contributed by atoms with Gasteiger partial charge in [-0.2, -0.15) is 0 Å². The molecule has 2 rings (SSSR count). The van der Waals surface area contributed by atoms with E-state index in [9.17, 15) is 0 Å². The van der Waals surface area contributed by atoms with Gasteiger partial charge in [-0.25, -0.2) is 4.98 Å². The highest BCUT2D eigenvalue weighted by Gasteiger charge is 2.30. The fourth-order valence-corrected chi connectivity index (χ4v) is 2.73. The molecule has 0 aromatic carbocycles. The van der Waals surface area contributed by atoms with Crippen LogP contribution in [0, 0.1) is 11.8 Å². The maximum absolute atomic E-state index is 4.02. The van der Waals surface area contributed by atoms with Crippen molar-refractivity contribution >= 4 is 0 Å². The van der Waals surface area contributed by atoms with Gasteiger partial charge in [0.25, 0.3) is 0 Å². The average molecular weight is 207 g/mol. The van der Waals surface area contributed by atoms with Crippen molar-refractivity contribution in [2.24, 2.45) is 11.8 Å². The zero-order valence-electron chi connectivity index (χ0n) is 9.66. The van der Waals surface area contributed by atoms with Crippen LogP contribution in [0.3, 0.4) is 0 Å². The Labute approximate surface area is 91.7 Å². The molecular formula is C12H21N3. The summed E-state index contributed by atoms with van der Waals surface area (Å²) in [5.41, 5.74) is 1.18. The highest BCUT2D eigenvalue weighted by Crippen LogP contribution is 2.33. The van der Waals surface area contributed by atoms with E-state index in [0.29, 0.717) is 6.04 Å². The Hall–Kier alpha value is -0.830. The molecule has 3 unspecified atom stereocenters. The third-order valence-electron chi connectivity index (χ3n) is 3.86. The molecule has 1 aromatic heterocycles. The van der Waals surface area contributed by atoms with E-state index in [1.807, 2.05) is 6.20 Å². The van der Waals surface area contributed by atoms with Crippen LogP contribution in [0.4, 0.5) is 0 Å². The Kier molecular flexibility index (Phi) is 3.41. The molecule has 3 atom stereocenters. The van der Waals surface area contributed by atoms with Crippen LogP contribution in [0.2, 0.25) is 0 Å². The van der Waals surface area contributed by atoms with E-state index < -0.39 is 0 Å². The standard InChI is InChI=1S/C12H21N3/c1-3-10-4-5-12(9(10)2)14-7-11-6-13-8-15-11/h6,8-10,12,14H,3-5,7H2,1-2H3,(H,13,15). The molecule has 3 heteroatoms. The third kappa shape index (κ3) is 2.40. The van der Waals surface area contributed by atoms with Gasteiger partial charge in [0.2, 0.25) is 0 Å². The van der Waals surface area contributed by atoms with Crippen molar-refractivity contribution in [2.75, 3.05) is 0 Å². The summed E-state index contributed by atoms with van der Waals surface area (Å²) in [5.74, 6) is 1.74. The summed E-state index contributed by atoms with van der Waals surface area (Å²) in [4.78, 5) is 7.15. The van der Waals surface area contributed by atoms with Crippen LogP contribution in [0.15, 0.2) is 12.5 Å². The summed E-state index contributed by atoms with van der Waals surface area (Å²) in [7, 11) is 0. The van der Waals surface area contributed by atoms with E-state index in [-0.39, 0.29) is 0 Å². The lowest BCUT2D eigenvalue weighted by molar-refractivity contribution is 0.343. The maximum atomic E-state index is 4.02. The van der Waals surface area contributed by atoms with Gasteiger partial charge in [0, 0.05) is 24.5 Å². The largest absolute Gasteiger partial charge is 0.347 e. The Morgan fingerprint density at radius 2 is 2.40 bits per heavy atom. The van der Waals surface area contributed by atoms with Gasteiger partial charge in [-0.05, 0) is 24.7 Å². The zero-order chi connectivity index (χ0) is 10.7. The second-order valence-corrected chi connectivity index (χ2v) is 4.67. The van der Waals surface area contributed by atoms with Crippen LogP contribution in [-0.4, -0.2) is 16.0 Å². The van der Waals surface area contributed by atoms with Crippen LogP contribution < -0.4 is 5.32 Å². The van der Waals surface area contributed by atoms with E-state index >= 15 is 0 Å². The smallest absolute Gasteiger partial charge is 0.0922 e. The molecule has 2 N–H and O–H groups in total. The molecule has 0 saturated heterocycles. The molecule has 1 aromatic rings. The Balaban J connectivity index is 1.81. The Bertz CT molecular complexity index is 281. The molecule has 0 radical (unpaired) electrons.